The van der Waals surface area contributed by atoms with E-state index in [1.54, 1.807) is 13.0 Å². The van der Waals surface area contributed by atoms with Crippen LogP contribution < -0.4 is 5.73 Å². The number of esters is 1. The van der Waals surface area contributed by atoms with Gasteiger partial charge in [-0.1, -0.05) is 0 Å². The Morgan fingerprint density at radius 3 is 2.84 bits per heavy atom. The molecule has 3 N–H and O–H groups in total. The zero-order valence-electron chi connectivity index (χ0n) is 10.6. The second-order valence-electron chi connectivity index (χ2n) is 3.77. The molecule has 19 heavy (non-hydrogen) atoms. The number of furan rings is 1. The molecule has 6 nitrogen and oxygen atoms in total. The Balaban J connectivity index is 2.23. The molecule has 1 rings (SSSR count). The minimum atomic E-state index is -1.08. The van der Waals surface area contributed by atoms with Crippen LogP contribution in [-0.2, 0) is 15.3 Å². The Labute approximate surface area is 115 Å². The highest BCUT2D eigenvalue weighted by molar-refractivity contribution is 7.98. The van der Waals surface area contributed by atoms with E-state index in [-0.39, 0.29) is 5.76 Å². The van der Waals surface area contributed by atoms with Crippen molar-refractivity contribution in [3.8, 4) is 0 Å². The Morgan fingerprint density at radius 1 is 1.53 bits per heavy atom. The summed E-state index contributed by atoms with van der Waals surface area (Å²) in [6, 6.07) is 2.43. The van der Waals surface area contributed by atoms with Crippen LogP contribution in [0.3, 0.4) is 0 Å². The molecular weight excluding hydrogens is 270 g/mol. The number of carboxylic acids is 1. The highest BCUT2D eigenvalue weighted by Crippen LogP contribution is 2.16. The maximum Gasteiger partial charge on any atom is 0.371 e. The summed E-state index contributed by atoms with van der Waals surface area (Å²) < 4.78 is 9.89. The average Bonchev–Trinajstić information content (AvgIpc) is 2.83. The molecule has 1 atom stereocenters. The van der Waals surface area contributed by atoms with Gasteiger partial charge in [-0.05, 0) is 31.2 Å². The summed E-state index contributed by atoms with van der Waals surface area (Å²) in [4.78, 5) is 21.8. The first-order chi connectivity index (χ1) is 9.04. The molecule has 1 aromatic heterocycles. The maximum absolute atomic E-state index is 11.2. The van der Waals surface area contributed by atoms with E-state index in [0.717, 1.165) is 0 Å². The van der Waals surface area contributed by atoms with Crippen LogP contribution in [0.2, 0.25) is 0 Å². The predicted molar refractivity (Wildman–Crippen MR) is 71.1 cm³/mol. The smallest absolute Gasteiger partial charge is 0.371 e. The largest absolute Gasteiger partial charge is 0.475 e. The Morgan fingerprint density at radius 2 is 2.26 bits per heavy atom. The maximum atomic E-state index is 11.2. The number of hydrogen-bond acceptors (Lipinski definition) is 6. The molecule has 0 radical (unpaired) electrons. The third-order valence-corrected chi connectivity index (χ3v) is 3.29. The van der Waals surface area contributed by atoms with E-state index in [9.17, 15) is 9.59 Å². The van der Waals surface area contributed by atoms with Crippen LogP contribution in [0.15, 0.2) is 16.5 Å². The third-order valence-electron chi connectivity index (χ3n) is 2.28. The number of hydrogen-bond donors (Lipinski definition) is 2. The van der Waals surface area contributed by atoms with Gasteiger partial charge >= 0.3 is 11.9 Å². The van der Waals surface area contributed by atoms with E-state index in [4.69, 9.17) is 20.0 Å². The molecule has 0 fully saturated rings. The first kappa shape index (κ1) is 15.6. The number of aromatic carboxylic acids is 1. The second kappa shape index (κ2) is 7.85. The second-order valence-corrected chi connectivity index (χ2v) is 4.88. The number of nitrogens with two attached hydrogens (primary N) is 1. The summed E-state index contributed by atoms with van der Waals surface area (Å²) in [6.45, 7) is 2.06. The van der Waals surface area contributed by atoms with Crippen molar-refractivity contribution < 1.29 is 23.8 Å². The highest BCUT2D eigenvalue weighted by atomic mass is 32.2. The van der Waals surface area contributed by atoms with Gasteiger partial charge in [-0.2, -0.15) is 11.8 Å². The van der Waals surface area contributed by atoms with Crippen LogP contribution >= 0.6 is 11.8 Å². The third kappa shape index (κ3) is 5.35. The van der Waals surface area contributed by atoms with Crippen LogP contribution in [0.1, 0.15) is 29.7 Å². The SMILES string of the molecule is CCOC(=O)C(N)CCSCc1ccc(C(=O)O)o1. The molecule has 0 bridgehead atoms. The zero-order chi connectivity index (χ0) is 14.3. The fourth-order valence-corrected chi connectivity index (χ4v) is 2.24. The molecule has 1 aromatic rings. The number of carbonyl (C=O) groups is 2. The average molecular weight is 287 g/mol. The lowest BCUT2D eigenvalue weighted by Gasteiger charge is -2.09. The van der Waals surface area contributed by atoms with Crippen molar-refractivity contribution in [2.45, 2.75) is 25.1 Å². The van der Waals surface area contributed by atoms with Crippen molar-refractivity contribution in [3.63, 3.8) is 0 Å². The zero-order valence-corrected chi connectivity index (χ0v) is 11.4. The van der Waals surface area contributed by atoms with Crippen molar-refractivity contribution in [2.24, 2.45) is 5.73 Å². The number of rotatable bonds is 8. The molecular formula is C12H17NO5S. The van der Waals surface area contributed by atoms with Crippen molar-refractivity contribution in [2.75, 3.05) is 12.4 Å². The normalized spacial score (nSPS) is 12.1. The standard InChI is InChI=1S/C12H17NO5S/c1-2-17-12(16)9(13)5-6-19-7-8-3-4-10(18-8)11(14)15/h3-4,9H,2,5-7,13H2,1H3,(H,14,15). The fourth-order valence-electron chi connectivity index (χ4n) is 1.32. The molecule has 1 unspecified atom stereocenters. The minimum absolute atomic E-state index is 0.0705. The van der Waals surface area contributed by atoms with E-state index < -0.39 is 18.0 Å². The lowest BCUT2D eigenvalue weighted by atomic mass is 10.2. The first-order valence-electron chi connectivity index (χ1n) is 5.86. The molecule has 0 spiro atoms. The fraction of sp³-hybridized carbons (Fsp3) is 0.500. The van der Waals surface area contributed by atoms with Crippen molar-refractivity contribution >= 4 is 23.7 Å². The molecule has 0 aliphatic rings. The van der Waals surface area contributed by atoms with Gasteiger partial charge in [-0.3, -0.25) is 4.79 Å². The Hall–Kier alpha value is -1.47. The van der Waals surface area contributed by atoms with Crippen LogP contribution in [0.25, 0.3) is 0 Å². The van der Waals surface area contributed by atoms with Crippen molar-refractivity contribution in [3.05, 3.63) is 23.7 Å². The summed E-state index contributed by atoms with van der Waals surface area (Å²) in [5, 5.41) is 8.69. The van der Waals surface area contributed by atoms with Gasteiger partial charge in [0.05, 0.1) is 12.4 Å². The number of carboxylic acid groups (broad SMARTS) is 1. The van der Waals surface area contributed by atoms with Crippen molar-refractivity contribution in [1.82, 2.24) is 0 Å². The van der Waals surface area contributed by atoms with E-state index in [2.05, 4.69) is 0 Å². The molecule has 0 aromatic carbocycles. The highest BCUT2D eigenvalue weighted by Gasteiger charge is 2.14. The Bertz CT molecular complexity index is 432. The number of carbonyl (C=O) groups excluding carboxylic acids is 1. The van der Waals surface area contributed by atoms with E-state index >= 15 is 0 Å². The van der Waals surface area contributed by atoms with Gasteiger partial charge in [-0.15, -0.1) is 0 Å². The van der Waals surface area contributed by atoms with E-state index in [1.165, 1.54) is 17.8 Å². The van der Waals surface area contributed by atoms with Gasteiger partial charge in [0.25, 0.3) is 0 Å². The molecule has 0 aliphatic carbocycles. The summed E-state index contributed by atoms with van der Waals surface area (Å²) in [7, 11) is 0. The monoisotopic (exact) mass is 287 g/mol. The predicted octanol–water partition coefficient (Wildman–Crippen LogP) is 1.49. The van der Waals surface area contributed by atoms with Gasteiger partial charge < -0.3 is 20.0 Å². The Kier molecular flexibility index (Phi) is 6.44. The minimum Gasteiger partial charge on any atom is -0.475 e. The summed E-state index contributed by atoms with van der Waals surface area (Å²) >= 11 is 1.52. The molecule has 1 heterocycles. The van der Waals surface area contributed by atoms with Crippen molar-refractivity contribution in [1.29, 1.82) is 0 Å². The van der Waals surface area contributed by atoms with Crippen LogP contribution in [-0.4, -0.2) is 35.4 Å². The molecule has 0 saturated carbocycles. The topological polar surface area (TPSA) is 103 Å². The van der Waals surface area contributed by atoms with E-state index in [0.29, 0.717) is 30.3 Å². The van der Waals surface area contributed by atoms with E-state index in [1.807, 2.05) is 0 Å². The quantitative estimate of drug-likeness (QED) is 0.551. The van der Waals surface area contributed by atoms with Gasteiger partial charge in [0.15, 0.2) is 0 Å². The molecule has 0 amide bonds. The van der Waals surface area contributed by atoms with Crippen LogP contribution in [0.5, 0.6) is 0 Å². The molecule has 7 heteroatoms. The number of ether oxygens (including phenoxy) is 1. The van der Waals surface area contributed by atoms with Gasteiger partial charge in [-0.25, -0.2) is 4.79 Å². The molecule has 106 valence electrons. The van der Waals surface area contributed by atoms with Gasteiger partial charge in [0.2, 0.25) is 5.76 Å². The van der Waals surface area contributed by atoms with Crippen LogP contribution in [0, 0.1) is 0 Å². The van der Waals surface area contributed by atoms with Crippen LogP contribution in [0.4, 0.5) is 0 Å². The molecule has 0 saturated heterocycles. The number of thioether (sulfide) groups is 1. The summed E-state index contributed by atoms with van der Waals surface area (Å²) in [5.41, 5.74) is 5.64. The summed E-state index contributed by atoms with van der Waals surface area (Å²) in [5.74, 6) is 0.257. The van der Waals surface area contributed by atoms with Gasteiger partial charge in [0, 0.05) is 0 Å². The lowest BCUT2D eigenvalue weighted by Crippen LogP contribution is -2.32. The van der Waals surface area contributed by atoms with Gasteiger partial charge in [0.1, 0.15) is 11.8 Å². The summed E-state index contributed by atoms with van der Waals surface area (Å²) in [6.07, 6.45) is 0.510. The molecule has 0 aliphatic heterocycles. The first-order valence-corrected chi connectivity index (χ1v) is 7.02. The lowest BCUT2D eigenvalue weighted by molar-refractivity contribution is -0.144.